The molecule has 2 atom stereocenters. The molecule has 1 aliphatic heterocycles. The quantitative estimate of drug-likeness (QED) is 0.353. The van der Waals surface area contributed by atoms with Crippen LogP contribution in [0.2, 0.25) is 0 Å². The fraction of sp³-hybridized carbons (Fsp3) is 0.308. The zero-order valence-corrected chi connectivity index (χ0v) is 20.3. The molecule has 1 aliphatic rings. The highest BCUT2D eigenvalue weighted by atomic mass is 19.1. The Morgan fingerprint density at radius 3 is 2.68 bits per heavy atom. The Kier molecular flexibility index (Phi) is 6.62. The van der Waals surface area contributed by atoms with Crippen LogP contribution >= 0.6 is 0 Å². The van der Waals surface area contributed by atoms with E-state index >= 15 is 0 Å². The van der Waals surface area contributed by atoms with E-state index in [1.54, 1.807) is 41.1 Å². The third-order valence-electron chi connectivity index (χ3n) is 6.44. The summed E-state index contributed by atoms with van der Waals surface area (Å²) in [6.07, 6.45) is 1.08. The molecule has 0 aliphatic carbocycles. The number of ether oxygens (including phenoxy) is 3. The van der Waals surface area contributed by atoms with Crippen LogP contribution in [0.4, 0.5) is 4.39 Å². The zero-order valence-electron chi connectivity index (χ0n) is 20.3. The maximum atomic E-state index is 14.2. The number of rotatable bonds is 7. The highest BCUT2D eigenvalue weighted by Crippen LogP contribution is 2.28. The van der Waals surface area contributed by atoms with E-state index in [0.717, 1.165) is 0 Å². The molecule has 0 bridgehead atoms. The first-order valence-electron chi connectivity index (χ1n) is 11.7. The second kappa shape index (κ2) is 10.0. The van der Waals surface area contributed by atoms with E-state index in [1.807, 2.05) is 0 Å². The molecule has 10 nitrogen and oxygen atoms in total. The van der Waals surface area contributed by atoms with Gasteiger partial charge in [-0.25, -0.2) is 14.2 Å². The first-order chi connectivity index (χ1) is 17.9. The number of hydrogen-bond donors (Lipinski definition) is 0. The molecule has 3 aromatic heterocycles. The SMILES string of the molecule is COCCn1c(C(=O)N2CC(Oc3ccccc3F)CC2C(=O)OC)cc2c(=O)n3ccccc3nc21. The normalized spacial score (nSPS) is 17.4. The molecule has 5 rings (SSSR count). The predicted octanol–water partition coefficient (Wildman–Crippen LogP) is 2.27. The van der Waals surface area contributed by atoms with Crippen molar-refractivity contribution in [1.29, 1.82) is 0 Å². The summed E-state index contributed by atoms with van der Waals surface area (Å²) in [7, 11) is 2.77. The standard InChI is InChI=1S/C26H25FN4O6/c1-35-12-11-29-19(14-17-23(29)28-22-9-5-6-10-30(22)24(17)32)25(33)31-15-16(13-20(31)26(34)36-2)37-21-8-4-3-7-18(21)27/h3-10,14,16,20H,11-13,15H2,1-2H3. The van der Waals surface area contributed by atoms with E-state index in [4.69, 9.17) is 14.2 Å². The van der Waals surface area contributed by atoms with Crippen LogP contribution in [0.15, 0.2) is 59.5 Å². The van der Waals surface area contributed by atoms with Crippen molar-refractivity contribution in [1.82, 2.24) is 18.9 Å². The maximum Gasteiger partial charge on any atom is 0.328 e. The number of aromatic nitrogens is 3. The number of benzene rings is 1. The Morgan fingerprint density at radius 2 is 1.92 bits per heavy atom. The first kappa shape index (κ1) is 24.4. The van der Waals surface area contributed by atoms with Crippen LogP contribution < -0.4 is 10.3 Å². The molecular weight excluding hydrogens is 483 g/mol. The highest BCUT2D eigenvalue weighted by molar-refractivity contribution is 6.00. The van der Waals surface area contributed by atoms with Crippen molar-refractivity contribution in [2.45, 2.75) is 25.1 Å². The number of nitrogens with zero attached hydrogens (tertiary/aromatic N) is 4. The van der Waals surface area contributed by atoms with Gasteiger partial charge in [-0.15, -0.1) is 0 Å². The molecule has 1 aromatic carbocycles. The number of likely N-dealkylation sites (tertiary alicyclic amines) is 1. The summed E-state index contributed by atoms with van der Waals surface area (Å²) in [6.45, 7) is 0.537. The minimum atomic E-state index is -0.948. The van der Waals surface area contributed by atoms with Gasteiger partial charge in [0.2, 0.25) is 0 Å². The van der Waals surface area contributed by atoms with Gasteiger partial charge in [0, 0.05) is 26.3 Å². The fourth-order valence-electron chi connectivity index (χ4n) is 4.67. The Hall–Kier alpha value is -4.25. The van der Waals surface area contributed by atoms with Gasteiger partial charge in [-0.05, 0) is 30.3 Å². The molecule has 0 radical (unpaired) electrons. The van der Waals surface area contributed by atoms with Crippen LogP contribution in [0.5, 0.6) is 5.75 Å². The van der Waals surface area contributed by atoms with Crippen LogP contribution in [0, 0.1) is 5.82 Å². The lowest BCUT2D eigenvalue weighted by Gasteiger charge is -2.23. The van der Waals surface area contributed by atoms with Crippen LogP contribution in [0.3, 0.4) is 0 Å². The highest BCUT2D eigenvalue weighted by Gasteiger charge is 2.43. The van der Waals surface area contributed by atoms with E-state index in [1.165, 1.54) is 41.7 Å². The van der Waals surface area contributed by atoms with Crippen LogP contribution in [-0.2, 0) is 20.8 Å². The second-order valence-corrected chi connectivity index (χ2v) is 8.66. The molecule has 4 heterocycles. The lowest BCUT2D eigenvalue weighted by atomic mass is 10.2. The van der Waals surface area contributed by atoms with Gasteiger partial charge < -0.3 is 23.7 Å². The summed E-state index contributed by atoms with van der Waals surface area (Å²) < 4.78 is 33.2. The van der Waals surface area contributed by atoms with E-state index in [2.05, 4.69) is 4.98 Å². The average molecular weight is 509 g/mol. The Labute approximate surface area is 210 Å². The second-order valence-electron chi connectivity index (χ2n) is 8.66. The van der Waals surface area contributed by atoms with E-state index in [0.29, 0.717) is 11.3 Å². The topological polar surface area (TPSA) is 104 Å². The van der Waals surface area contributed by atoms with Gasteiger partial charge >= 0.3 is 5.97 Å². The number of fused-ring (bicyclic) bond motifs is 2. The van der Waals surface area contributed by atoms with E-state index in [-0.39, 0.29) is 48.5 Å². The van der Waals surface area contributed by atoms with Gasteiger partial charge in [0.25, 0.3) is 11.5 Å². The molecule has 1 fully saturated rings. The molecule has 0 N–H and O–H groups in total. The summed E-state index contributed by atoms with van der Waals surface area (Å²) in [5, 5.41) is 0.260. The van der Waals surface area contributed by atoms with Gasteiger partial charge in [0.05, 0.1) is 25.6 Å². The first-order valence-corrected chi connectivity index (χ1v) is 11.7. The van der Waals surface area contributed by atoms with E-state index in [9.17, 15) is 18.8 Å². The fourth-order valence-corrected chi connectivity index (χ4v) is 4.67. The molecule has 0 spiro atoms. The van der Waals surface area contributed by atoms with Crippen LogP contribution in [0.25, 0.3) is 16.7 Å². The number of para-hydroxylation sites is 1. The molecule has 0 saturated carbocycles. The zero-order chi connectivity index (χ0) is 26.1. The van der Waals surface area contributed by atoms with Gasteiger partial charge in [-0.3, -0.25) is 14.0 Å². The lowest BCUT2D eigenvalue weighted by Crippen LogP contribution is -2.42. The van der Waals surface area contributed by atoms with Crippen molar-refractivity contribution in [3.05, 3.63) is 76.6 Å². The van der Waals surface area contributed by atoms with Gasteiger partial charge in [0.1, 0.15) is 29.1 Å². The number of methoxy groups -OCH3 is 2. The Morgan fingerprint density at radius 1 is 1.14 bits per heavy atom. The molecular formula is C26H25FN4O6. The lowest BCUT2D eigenvalue weighted by molar-refractivity contribution is -0.145. The van der Waals surface area contributed by atoms with Crippen molar-refractivity contribution in [2.24, 2.45) is 0 Å². The minimum absolute atomic E-state index is 0.0210. The average Bonchev–Trinajstić information content (AvgIpc) is 3.50. The molecule has 192 valence electrons. The minimum Gasteiger partial charge on any atom is -0.485 e. The smallest absolute Gasteiger partial charge is 0.328 e. The number of halogens is 1. The summed E-state index contributed by atoms with van der Waals surface area (Å²) in [4.78, 5) is 45.7. The van der Waals surface area contributed by atoms with Crippen molar-refractivity contribution >= 4 is 28.6 Å². The van der Waals surface area contributed by atoms with Crippen LogP contribution in [-0.4, -0.2) is 70.2 Å². The summed E-state index contributed by atoms with van der Waals surface area (Å²) in [5.41, 5.74) is 0.623. The maximum absolute atomic E-state index is 14.2. The molecule has 2 unspecified atom stereocenters. The molecule has 1 saturated heterocycles. The molecule has 4 aromatic rings. The van der Waals surface area contributed by atoms with Crippen molar-refractivity contribution in [3.8, 4) is 5.75 Å². The van der Waals surface area contributed by atoms with Crippen molar-refractivity contribution < 1.29 is 28.2 Å². The van der Waals surface area contributed by atoms with Crippen LogP contribution in [0.1, 0.15) is 16.9 Å². The summed E-state index contributed by atoms with van der Waals surface area (Å²) in [5.74, 6) is -1.63. The summed E-state index contributed by atoms with van der Waals surface area (Å²) in [6, 6.07) is 11.7. The number of carbonyl (C=O) groups is 2. The number of hydrogen-bond acceptors (Lipinski definition) is 7. The Balaban J connectivity index is 1.56. The third-order valence-corrected chi connectivity index (χ3v) is 6.44. The number of amides is 1. The third kappa shape index (κ3) is 4.42. The molecule has 37 heavy (non-hydrogen) atoms. The van der Waals surface area contributed by atoms with Gasteiger partial charge in [-0.2, -0.15) is 0 Å². The van der Waals surface area contributed by atoms with E-state index < -0.39 is 29.8 Å². The number of esters is 1. The van der Waals surface area contributed by atoms with Gasteiger partial charge in [0.15, 0.2) is 11.6 Å². The van der Waals surface area contributed by atoms with Crippen molar-refractivity contribution in [3.63, 3.8) is 0 Å². The van der Waals surface area contributed by atoms with Gasteiger partial charge in [-0.1, -0.05) is 18.2 Å². The largest absolute Gasteiger partial charge is 0.485 e. The number of pyridine rings is 1. The summed E-state index contributed by atoms with van der Waals surface area (Å²) >= 11 is 0. The Bertz CT molecular complexity index is 1550. The predicted molar refractivity (Wildman–Crippen MR) is 131 cm³/mol. The van der Waals surface area contributed by atoms with Crippen molar-refractivity contribution in [2.75, 3.05) is 27.4 Å². The number of carbonyl (C=O) groups excluding carboxylic acids is 2. The molecule has 1 amide bonds. The molecule has 11 heteroatoms. The monoisotopic (exact) mass is 508 g/mol.